The van der Waals surface area contributed by atoms with Gasteiger partial charge in [-0.1, -0.05) is 79.7 Å². The van der Waals surface area contributed by atoms with Gasteiger partial charge in [-0.15, -0.1) is 0 Å². The summed E-state index contributed by atoms with van der Waals surface area (Å²) in [7, 11) is 1.38. The zero-order valence-corrected chi connectivity index (χ0v) is 22.1. The summed E-state index contributed by atoms with van der Waals surface area (Å²) in [4.78, 5) is 29.7. The van der Waals surface area contributed by atoms with E-state index < -0.39 is 29.9 Å². The van der Waals surface area contributed by atoms with Gasteiger partial charge in [-0.2, -0.15) is 0 Å². The lowest BCUT2D eigenvalue weighted by molar-refractivity contribution is -0.157. The summed E-state index contributed by atoms with van der Waals surface area (Å²) in [6, 6.07) is 28.8. The number of hydrogen-bond donors (Lipinski definition) is 1. The maximum atomic E-state index is 13.0. The number of rotatable bonds is 11. The minimum Gasteiger partial charge on any atom is -0.503 e. The van der Waals surface area contributed by atoms with Gasteiger partial charge in [-0.25, -0.2) is 4.98 Å². The smallest absolute Gasteiger partial charge is 0.309 e. The Morgan fingerprint density at radius 3 is 2.10 bits per heavy atom. The molecule has 0 aliphatic carbocycles. The van der Waals surface area contributed by atoms with Crippen LogP contribution in [0.4, 0.5) is 0 Å². The van der Waals surface area contributed by atoms with E-state index in [0.29, 0.717) is 5.75 Å². The van der Waals surface area contributed by atoms with Crippen LogP contribution >= 0.6 is 0 Å². The maximum Gasteiger partial charge on any atom is 0.309 e. The lowest BCUT2D eigenvalue weighted by atomic mass is 9.99. The Bertz CT molecular complexity index is 1390. The zero-order chi connectivity index (χ0) is 27.8. The van der Waals surface area contributed by atoms with Crippen molar-refractivity contribution in [1.29, 1.82) is 0 Å². The fourth-order valence-corrected chi connectivity index (χ4v) is 4.20. The molecule has 0 saturated carbocycles. The molecule has 39 heavy (non-hydrogen) atoms. The lowest BCUT2D eigenvalue weighted by Gasteiger charge is -2.27. The summed E-state index contributed by atoms with van der Waals surface area (Å²) in [6.07, 6.45) is -0.0740. The molecule has 0 spiro atoms. The van der Waals surface area contributed by atoms with E-state index in [1.807, 2.05) is 84.9 Å². The molecule has 4 rings (SSSR count). The molecule has 0 bridgehead atoms. The van der Waals surface area contributed by atoms with Gasteiger partial charge in [0, 0.05) is 18.7 Å². The monoisotopic (exact) mass is 525 g/mol. The Labute approximate surface area is 228 Å². The van der Waals surface area contributed by atoms with Crippen LogP contribution in [0.15, 0.2) is 97.2 Å². The van der Waals surface area contributed by atoms with E-state index in [0.717, 1.165) is 16.7 Å². The highest BCUT2D eigenvalue weighted by Crippen LogP contribution is 2.31. The number of para-hydroxylation sites is 1. The number of aromatic hydroxyl groups is 1. The van der Waals surface area contributed by atoms with E-state index in [9.17, 15) is 14.7 Å². The van der Waals surface area contributed by atoms with Crippen molar-refractivity contribution in [2.75, 3.05) is 7.11 Å². The van der Waals surface area contributed by atoms with Gasteiger partial charge < -0.3 is 19.3 Å². The molecule has 1 aromatic heterocycles. The van der Waals surface area contributed by atoms with Crippen molar-refractivity contribution in [2.24, 2.45) is 5.92 Å². The standard InChI is InChI=1S/C32H31NO6/c1-21(20-27(34)29-30(35)28(37-3)18-19-33-29)32(36)38-22(2)31(39-26-12-8-5-9-13-26)25-16-14-24(15-17-25)23-10-6-4-7-11-23/h4-19,21-22,31,35H,20H2,1-3H3/t21-,22+,31+/m1/s1. The highest BCUT2D eigenvalue weighted by molar-refractivity contribution is 5.99. The molecule has 0 aliphatic rings. The molecule has 200 valence electrons. The number of benzene rings is 3. The fourth-order valence-electron chi connectivity index (χ4n) is 4.20. The topological polar surface area (TPSA) is 95.0 Å². The quantitative estimate of drug-likeness (QED) is 0.178. The molecule has 1 N–H and O–H groups in total. The van der Waals surface area contributed by atoms with Gasteiger partial charge in [0.2, 0.25) is 0 Å². The van der Waals surface area contributed by atoms with Crippen LogP contribution in [0.3, 0.4) is 0 Å². The molecule has 0 aliphatic heterocycles. The zero-order valence-electron chi connectivity index (χ0n) is 22.1. The number of hydrogen-bond acceptors (Lipinski definition) is 7. The van der Waals surface area contributed by atoms with Gasteiger partial charge >= 0.3 is 5.97 Å². The second-order valence-corrected chi connectivity index (χ2v) is 9.22. The summed E-state index contributed by atoms with van der Waals surface area (Å²) >= 11 is 0. The molecular weight excluding hydrogens is 494 g/mol. The molecule has 4 aromatic rings. The van der Waals surface area contributed by atoms with Gasteiger partial charge in [0.15, 0.2) is 29.1 Å². The van der Waals surface area contributed by atoms with Crippen LogP contribution in [-0.2, 0) is 9.53 Å². The third kappa shape index (κ3) is 6.82. The lowest BCUT2D eigenvalue weighted by Crippen LogP contribution is -2.30. The first kappa shape index (κ1) is 27.4. The molecule has 0 amide bonds. The molecule has 0 fully saturated rings. The van der Waals surface area contributed by atoms with E-state index in [4.69, 9.17) is 14.2 Å². The third-order valence-corrected chi connectivity index (χ3v) is 6.35. The number of carbonyl (C=O) groups is 2. The molecule has 7 heteroatoms. The number of methoxy groups -OCH3 is 1. The first-order valence-electron chi connectivity index (χ1n) is 12.7. The van der Waals surface area contributed by atoms with Crippen LogP contribution in [0.1, 0.15) is 42.4 Å². The van der Waals surface area contributed by atoms with Crippen LogP contribution in [0, 0.1) is 5.92 Å². The largest absolute Gasteiger partial charge is 0.503 e. The number of pyridine rings is 1. The Balaban J connectivity index is 1.49. The second-order valence-electron chi connectivity index (χ2n) is 9.22. The van der Waals surface area contributed by atoms with Gasteiger partial charge in [-0.05, 0) is 35.7 Å². The minimum absolute atomic E-state index is 0.136. The number of aromatic nitrogens is 1. The van der Waals surface area contributed by atoms with Gasteiger partial charge in [0.05, 0.1) is 13.0 Å². The van der Waals surface area contributed by atoms with Gasteiger partial charge in [0.25, 0.3) is 0 Å². The summed E-state index contributed by atoms with van der Waals surface area (Å²) in [6.45, 7) is 3.37. The first-order chi connectivity index (χ1) is 18.9. The van der Waals surface area contributed by atoms with Crippen molar-refractivity contribution in [1.82, 2.24) is 4.98 Å². The summed E-state index contributed by atoms with van der Waals surface area (Å²) in [5.41, 5.74) is 2.85. The van der Waals surface area contributed by atoms with Crippen LogP contribution < -0.4 is 9.47 Å². The van der Waals surface area contributed by atoms with Crippen LogP contribution in [-0.4, -0.2) is 35.1 Å². The van der Waals surface area contributed by atoms with Crippen molar-refractivity contribution < 1.29 is 28.9 Å². The van der Waals surface area contributed by atoms with Crippen molar-refractivity contribution in [3.05, 3.63) is 108 Å². The predicted octanol–water partition coefficient (Wildman–Crippen LogP) is 6.42. The molecule has 0 unspecified atom stereocenters. The minimum atomic E-state index is -0.773. The summed E-state index contributed by atoms with van der Waals surface area (Å²) in [5.74, 6) is -1.39. The third-order valence-electron chi connectivity index (χ3n) is 6.35. The van der Waals surface area contributed by atoms with Crippen molar-refractivity contribution in [2.45, 2.75) is 32.5 Å². The number of ketones is 1. The normalized spacial score (nSPS) is 13.1. The Kier molecular flexibility index (Phi) is 8.94. The summed E-state index contributed by atoms with van der Waals surface area (Å²) in [5, 5.41) is 10.2. The Morgan fingerprint density at radius 1 is 0.846 bits per heavy atom. The van der Waals surface area contributed by atoms with Crippen LogP contribution in [0.25, 0.3) is 11.1 Å². The molecule has 3 atom stereocenters. The maximum absolute atomic E-state index is 13.0. The number of carbonyl (C=O) groups excluding carboxylic acids is 2. The van der Waals surface area contributed by atoms with Crippen molar-refractivity contribution >= 4 is 11.8 Å². The predicted molar refractivity (Wildman–Crippen MR) is 148 cm³/mol. The number of ether oxygens (including phenoxy) is 3. The van der Waals surface area contributed by atoms with Gasteiger partial charge in [0.1, 0.15) is 11.9 Å². The second kappa shape index (κ2) is 12.7. The molecule has 0 radical (unpaired) electrons. The average Bonchev–Trinajstić information content (AvgIpc) is 2.97. The SMILES string of the molecule is COc1ccnc(C(=O)C[C@@H](C)C(=O)O[C@@H](C)[C@H](Oc2ccccc2)c2ccc(-c3ccccc3)cc2)c1O. The number of Topliss-reactive ketones (excluding diaryl/α,β-unsaturated/α-hetero) is 1. The van der Waals surface area contributed by atoms with E-state index in [1.54, 1.807) is 13.8 Å². The summed E-state index contributed by atoms with van der Waals surface area (Å²) < 4.78 is 17.1. The molecule has 1 heterocycles. The van der Waals surface area contributed by atoms with E-state index in [1.165, 1.54) is 19.4 Å². The Hall–Kier alpha value is -4.65. The van der Waals surface area contributed by atoms with Gasteiger partial charge in [-0.3, -0.25) is 9.59 Å². The first-order valence-corrected chi connectivity index (χ1v) is 12.7. The fraction of sp³-hybridized carbons (Fsp3) is 0.219. The molecule has 3 aromatic carbocycles. The van der Waals surface area contributed by atoms with E-state index in [-0.39, 0.29) is 23.6 Å². The van der Waals surface area contributed by atoms with Crippen molar-refractivity contribution in [3.63, 3.8) is 0 Å². The highest BCUT2D eigenvalue weighted by atomic mass is 16.6. The highest BCUT2D eigenvalue weighted by Gasteiger charge is 2.29. The molecule has 0 saturated heterocycles. The number of nitrogens with zero attached hydrogens (tertiary/aromatic N) is 1. The average molecular weight is 526 g/mol. The van der Waals surface area contributed by atoms with Crippen LogP contribution in [0.2, 0.25) is 0 Å². The molecule has 7 nitrogen and oxygen atoms in total. The van der Waals surface area contributed by atoms with Crippen molar-refractivity contribution in [3.8, 4) is 28.4 Å². The van der Waals surface area contributed by atoms with E-state index >= 15 is 0 Å². The van der Waals surface area contributed by atoms with Crippen LogP contribution in [0.5, 0.6) is 17.2 Å². The number of esters is 1. The van der Waals surface area contributed by atoms with E-state index in [2.05, 4.69) is 4.98 Å². The Morgan fingerprint density at radius 2 is 1.46 bits per heavy atom. The molecular formula is C32H31NO6.